The summed E-state index contributed by atoms with van der Waals surface area (Å²) in [6.07, 6.45) is 1.50. The predicted molar refractivity (Wildman–Crippen MR) is 70.1 cm³/mol. The molecule has 1 aromatic rings. The van der Waals surface area contributed by atoms with Crippen LogP contribution >= 0.6 is 15.9 Å². The predicted octanol–water partition coefficient (Wildman–Crippen LogP) is 2.61. The van der Waals surface area contributed by atoms with E-state index in [1.807, 2.05) is 0 Å². The monoisotopic (exact) mass is 314 g/mol. The smallest absolute Gasteiger partial charge is 0.408 e. The fourth-order valence-corrected chi connectivity index (χ4v) is 1.73. The van der Waals surface area contributed by atoms with Gasteiger partial charge in [-0.1, -0.05) is 0 Å². The van der Waals surface area contributed by atoms with Crippen LogP contribution in [0.5, 0.6) is 0 Å². The Morgan fingerprint density at radius 2 is 2.22 bits per heavy atom. The van der Waals surface area contributed by atoms with Gasteiger partial charge in [0.1, 0.15) is 17.9 Å². The molecule has 98 valence electrons. The summed E-state index contributed by atoms with van der Waals surface area (Å²) in [7, 11) is 0. The molecule has 1 rings (SSSR count). The van der Waals surface area contributed by atoms with Crippen molar-refractivity contribution in [1.29, 1.82) is 0 Å². The van der Waals surface area contributed by atoms with Gasteiger partial charge in [-0.2, -0.15) is 0 Å². The number of aromatic nitrogens is 1. The highest BCUT2D eigenvalue weighted by molar-refractivity contribution is 9.10. The van der Waals surface area contributed by atoms with Crippen molar-refractivity contribution in [3.05, 3.63) is 28.5 Å². The van der Waals surface area contributed by atoms with E-state index in [0.29, 0.717) is 16.5 Å². The Bertz CT molecular complexity index is 443. The highest BCUT2D eigenvalue weighted by Crippen LogP contribution is 2.19. The first-order chi connectivity index (χ1) is 8.33. The Balaban J connectivity index is 2.78. The Morgan fingerprint density at radius 3 is 2.72 bits per heavy atom. The summed E-state index contributed by atoms with van der Waals surface area (Å²) in [5, 5.41) is 2.46. The average molecular weight is 315 g/mol. The zero-order valence-corrected chi connectivity index (χ0v) is 12.0. The lowest BCUT2D eigenvalue weighted by atomic mass is 10.2. The van der Waals surface area contributed by atoms with Crippen molar-refractivity contribution in [2.24, 2.45) is 0 Å². The number of amides is 1. The molecule has 0 aliphatic carbocycles. The second-order valence-corrected chi connectivity index (χ2v) is 5.48. The van der Waals surface area contributed by atoms with Gasteiger partial charge >= 0.3 is 6.09 Å². The number of nitrogens with one attached hydrogen (secondary N) is 1. The molecule has 0 fully saturated rings. The summed E-state index contributed by atoms with van der Waals surface area (Å²) >= 11 is 3.28. The molecule has 0 radical (unpaired) electrons. The summed E-state index contributed by atoms with van der Waals surface area (Å²) < 4.78 is 5.73. The van der Waals surface area contributed by atoms with Gasteiger partial charge in [-0.3, -0.25) is 4.98 Å². The van der Waals surface area contributed by atoms with Crippen LogP contribution in [0.25, 0.3) is 0 Å². The minimum absolute atomic E-state index is 0.443. The number of hydrogen-bond donors (Lipinski definition) is 1. The van der Waals surface area contributed by atoms with E-state index < -0.39 is 17.7 Å². The molecule has 0 aliphatic heterocycles. The van der Waals surface area contributed by atoms with Crippen molar-refractivity contribution in [3.8, 4) is 0 Å². The van der Waals surface area contributed by atoms with Crippen molar-refractivity contribution < 1.29 is 14.3 Å². The second-order valence-electron chi connectivity index (χ2n) is 4.63. The highest BCUT2D eigenvalue weighted by Gasteiger charge is 2.22. The minimum Gasteiger partial charge on any atom is -0.444 e. The SMILES string of the molecule is CC(C)(C)OC(=O)NC(C=O)c1ncccc1Br. The Labute approximate surface area is 114 Å². The van der Waals surface area contributed by atoms with Gasteiger partial charge in [-0.25, -0.2) is 4.79 Å². The van der Waals surface area contributed by atoms with E-state index in [2.05, 4.69) is 26.2 Å². The van der Waals surface area contributed by atoms with Gasteiger partial charge in [-0.15, -0.1) is 0 Å². The number of nitrogens with zero attached hydrogens (tertiary/aromatic N) is 1. The number of carbonyl (C=O) groups is 2. The molecule has 1 heterocycles. The van der Waals surface area contributed by atoms with E-state index in [0.717, 1.165) is 0 Å². The van der Waals surface area contributed by atoms with Crippen LogP contribution in [-0.2, 0) is 9.53 Å². The molecule has 1 aromatic heterocycles. The van der Waals surface area contributed by atoms with Gasteiger partial charge in [0, 0.05) is 10.7 Å². The van der Waals surface area contributed by atoms with Crippen LogP contribution < -0.4 is 5.32 Å². The highest BCUT2D eigenvalue weighted by atomic mass is 79.9. The third-order valence-corrected chi connectivity index (χ3v) is 2.56. The summed E-state index contributed by atoms with van der Waals surface area (Å²) in [6, 6.07) is 2.63. The third-order valence-electron chi connectivity index (χ3n) is 1.89. The zero-order chi connectivity index (χ0) is 13.8. The van der Waals surface area contributed by atoms with Crippen molar-refractivity contribution >= 4 is 28.3 Å². The van der Waals surface area contributed by atoms with Crippen molar-refractivity contribution in [2.45, 2.75) is 32.4 Å². The zero-order valence-electron chi connectivity index (χ0n) is 10.4. The molecule has 0 saturated heterocycles. The number of aldehydes is 1. The molecule has 6 heteroatoms. The standard InChI is InChI=1S/C12H15BrN2O3/c1-12(2,3)18-11(17)15-9(7-16)10-8(13)5-4-6-14-10/h4-7,9H,1-3H3,(H,15,17). The number of halogens is 1. The van der Waals surface area contributed by atoms with Gasteiger partial charge in [0.2, 0.25) is 0 Å². The first-order valence-electron chi connectivity index (χ1n) is 5.38. The lowest BCUT2D eigenvalue weighted by Crippen LogP contribution is -2.36. The summed E-state index contributed by atoms with van der Waals surface area (Å²) in [4.78, 5) is 26.7. The van der Waals surface area contributed by atoms with E-state index >= 15 is 0 Å². The summed E-state index contributed by atoms with van der Waals surface area (Å²) in [6.45, 7) is 5.25. The third kappa shape index (κ3) is 4.44. The van der Waals surface area contributed by atoms with Crippen LogP contribution in [-0.4, -0.2) is 23.0 Å². The maximum atomic E-state index is 11.6. The molecular weight excluding hydrogens is 300 g/mol. The number of rotatable bonds is 3. The molecule has 0 aliphatic rings. The van der Waals surface area contributed by atoms with Crippen molar-refractivity contribution in [3.63, 3.8) is 0 Å². The molecule has 0 aromatic carbocycles. The first-order valence-corrected chi connectivity index (χ1v) is 6.18. The number of alkyl carbamates (subject to hydrolysis) is 1. The van der Waals surface area contributed by atoms with E-state index in [9.17, 15) is 9.59 Å². The Hall–Kier alpha value is -1.43. The molecule has 1 amide bonds. The van der Waals surface area contributed by atoms with Crippen LogP contribution in [0.2, 0.25) is 0 Å². The Kier molecular flexibility index (Phi) is 4.84. The molecule has 0 saturated carbocycles. The Morgan fingerprint density at radius 1 is 1.56 bits per heavy atom. The number of hydrogen-bond acceptors (Lipinski definition) is 4. The minimum atomic E-state index is -0.838. The van der Waals surface area contributed by atoms with Gasteiger partial charge in [0.25, 0.3) is 0 Å². The van der Waals surface area contributed by atoms with Gasteiger partial charge in [-0.05, 0) is 48.8 Å². The maximum Gasteiger partial charge on any atom is 0.408 e. The number of ether oxygens (including phenoxy) is 1. The van der Waals surface area contributed by atoms with Gasteiger partial charge in [0.15, 0.2) is 0 Å². The maximum absolute atomic E-state index is 11.6. The lowest BCUT2D eigenvalue weighted by molar-refractivity contribution is -0.109. The fourth-order valence-electron chi connectivity index (χ4n) is 1.23. The molecule has 0 bridgehead atoms. The molecule has 5 nitrogen and oxygen atoms in total. The molecule has 0 spiro atoms. The van der Waals surface area contributed by atoms with Crippen LogP contribution in [0.15, 0.2) is 22.8 Å². The van der Waals surface area contributed by atoms with Crippen LogP contribution in [0, 0.1) is 0 Å². The van der Waals surface area contributed by atoms with Gasteiger partial charge in [0.05, 0.1) is 5.69 Å². The molecule has 1 N–H and O–H groups in total. The number of carbonyl (C=O) groups excluding carboxylic acids is 2. The largest absolute Gasteiger partial charge is 0.444 e. The second kappa shape index (κ2) is 5.95. The van der Waals surface area contributed by atoms with Gasteiger partial charge < -0.3 is 14.8 Å². The van der Waals surface area contributed by atoms with Crippen LogP contribution in [0.1, 0.15) is 32.5 Å². The lowest BCUT2D eigenvalue weighted by Gasteiger charge is -2.21. The van der Waals surface area contributed by atoms with Crippen molar-refractivity contribution in [1.82, 2.24) is 10.3 Å². The van der Waals surface area contributed by atoms with E-state index in [1.54, 1.807) is 39.1 Å². The summed E-state index contributed by atoms with van der Waals surface area (Å²) in [5.41, 5.74) is -0.169. The quantitative estimate of drug-likeness (QED) is 0.871. The molecular formula is C12H15BrN2O3. The van der Waals surface area contributed by atoms with Crippen LogP contribution in [0.3, 0.4) is 0 Å². The summed E-state index contributed by atoms with van der Waals surface area (Å²) in [5.74, 6) is 0. The average Bonchev–Trinajstić information content (AvgIpc) is 2.24. The molecule has 1 atom stereocenters. The van der Waals surface area contributed by atoms with E-state index in [1.165, 1.54) is 0 Å². The van der Waals surface area contributed by atoms with Crippen molar-refractivity contribution in [2.75, 3.05) is 0 Å². The van der Waals surface area contributed by atoms with E-state index in [4.69, 9.17) is 4.74 Å². The number of pyridine rings is 1. The van der Waals surface area contributed by atoms with Crippen LogP contribution in [0.4, 0.5) is 4.79 Å². The van der Waals surface area contributed by atoms with E-state index in [-0.39, 0.29) is 0 Å². The molecule has 1 unspecified atom stereocenters. The molecule has 18 heavy (non-hydrogen) atoms. The normalized spacial score (nSPS) is 12.7. The first kappa shape index (κ1) is 14.6. The topological polar surface area (TPSA) is 68.3 Å². The fraction of sp³-hybridized carbons (Fsp3) is 0.417.